The Morgan fingerprint density at radius 2 is 1.43 bits per heavy atom. The van der Waals surface area contributed by atoms with Crippen LogP contribution in [-0.2, 0) is 18.6 Å². The smallest absolute Gasteiger partial charge is 0.463 e. The number of hydrogen-bond acceptors (Lipinski definition) is 4. The van der Waals surface area contributed by atoms with E-state index in [1.54, 1.807) is 13.8 Å². The number of rotatable bonds is 6. The third-order valence-corrected chi connectivity index (χ3v) is 3.59. The van der Waals surface area contributed by atoms with E-state index < -0.39 is 19.2 Å². The van der Waals surface area contributed by atoms with Gasteiger partial charge in [-0.15, -0.1) is 0 Å². The lowest BCUT2D eigenvalue weighted by Crippen LogP contribution is -2.26. The van der Waals surface area contributed by atoms with Crippen LogP contribution in [0.15, 0.2) is 0 Å². The van der Waals surface area contributed by atoms with Crippen LogP contribution >= 0.6 is 7.82 Å². The number of esters is 1. The van der Waals surface area contributed by atoms with Crippen molar-refractivity contribution in [1.82, 2.24) is 0 Å². The second-order valence-electron chi connectivity index (χ2n) is 6.61. The maximum atomic E-state index is 11.3. The van der Waals surface area contributed by atoms with Gasteiger partial charge in [0.05, 0.1) is 12.0 Å². The third-order valence-electron chi connectivity index (χ3n) is 3.07. The standard InChI is InChI=1S/C8H17O6P.C6H14/c1-4-8(2,3)7(9)13-5-6-14-15(10,11)12;1-5-6(2,3)4/h4-6H2,1-3H3,(H2,10,11,12);5H2,1-4H3. The van der Waals surface area contributed by atoms with Crippen LogP contribution in [0.2, 0.25) is 0 Å². The Morgan fingerprint density at radius 3 is 1.71 bits per heavy atom. The minimum Gasteiger partial charge on any atom is -0.463 e. The highest BCUT2D eigenvalue weighted by molar-refractivity contribution is 7.46. The summed E-state index contributed by atoms with van der Waals surface area (Å²) in [6.07, 6.45) is 1.90. The van der Waals surface area contributed by atoms with E-state index in [0.717, 1.165) is 0 Å². The Bertz CT molecular complexity index is 340. The predicted molar refractivity (Wildman–Crippen MR) is 82.8 cm³/mol. The molecule has 0 unspecified atom stereocenters. The van der Waals surface area contributed by atoms with Gasteiger partial charge in [0.25, 0.3) is 0 Å². The molecule has 0 fully saturated rings. The maximum absolute atomic E-state index is 11.3. The van der Waals surface area contributed by atoms with E-state index in [-0.39, 0.29) is 13.2 Å². The van der Waals surface area contributed by atoms with Crippen molar-refractivity contribution in [2.24, 2.45) is 10.8 Å². The first kappa shape index (κ1) is 22.9. The molecule has 0 saturated carbocycles. The summed E-state index contributed by atoms with van der Waals surface area (Å²) in [5, 5.41) is 0. The highest BCUT2D eigenvalue weighted by Crippen LogP contribution is 2.35. The van der Waals surface area contributed by atoms with E-state index in [4.69, 9.17) is 14.5 Å². The first-order valence-corrected chi connectivity index (χ1v) is 8.65. The van der Waals surface area contributed by atoms with Gasteiger partial charge in [-0.25, -0.2) is 4.57 Å². The van der Waals surface area contributed by atoms with E-state index in [0.29, 0.717) is 11.8 Å². The van der Waals surface area contributed by atoms with Crippen LogP contribution in [-0.4, -0.2) is 29.0 Å². The fourth-order valence-electron chi connectivity index (χ4n) is 0.630. The summed E-state index contributed by atoms with van der Waals surface area (Å²) in [7, 11) is -4.46. The Balaban J connectivity index is 0. The molecule has 0 bridgehead atoms. The normalized spacial score (nSPS) is 12.4. The summed E-state index contributed by atoms with van der Waals surface area (Å²) < 4.78 is 19.2. The highest BCUT2D eigenvalue weighted by Gasteiger charge is 2.27. The van der Waals surface area contributed by atoms with Crippen LogP contribution in [0.4, 0.5) is 0 Å². The molecule has 0 aliphatic rings. The lowest BCUT2D eigenvalue weighted by Gasteiger charge is -2.20. The van der Waals surface area contributed by atoms with Gasteiger partial charge in [-0.1, -0.05) is 41.0 Å². The molecule has 0 aliphatic carbocycles. The molecule has 0 aromatic heterocycles. The van der Waals surface area contributed by atoms with Crippen LogP contribution in [0.1, 0.15) is 61.3 Å². The SMILES string of the molecule is CCC(C)(C)C.CCC(C)(C)C(=O)OCCOP(=O)(O)O. The fourth-order valence-corrected chi connectivity index (χ4v) is 0.943. The first-order chi connectivity index (χ1) is 9.25. The van der Waals surface area contributed by atoms with Crippen molar-refractivity contribution >= 4 is 13.8 Å². The van der Waals surface area contributed by atoms with E-state index in [1.807, 2.05) is 6.92 Å². The molecule has 21 heavy (non-hydrogen) atoms. The molecule has 0 aromatic rings. The van der Waals surface area contributed by atoms with Crippen molar-refractivity contribution in [3.05, 3.63) is 0 Å². The molecule has 7 heteroatoms. The van der Waals surface area contributed by atoms with Crippen LogP contribution in [0.25, 0.3) is 0 Å². The number of carbonyl (C=O) groups is 1. The minimum absolute atomic E-state index is 0.159. The van der Waals surface area contributed by atoms with E-state index in [9.17, 15) is 9.36 Å². The summed E-state index contributed by atoms with van der Waals surface area (Å²) in [4.78, 5) is 28.0. The monoisotopic (exact) mass is 326 g/mol. The predicted octanol–water partition coefficient (Wildman–Crippen LogP) is 3.52. The molecule has 0 saturated heterocycles. The molecule has 0 radical (unpaired) electrons. The van der Waals surface area contributed by atoms with Gasteiger partial charge in [-0.05, 0) is 25.7 Å². The number of ether oxygens (including phenoxy) is 1. The van der Waals surface area contributed by atoms with Crippen molar-refractivity contribution in [2.45, 2.75) is 61.3 Å². The van der Waals surface area contributed by atoms with Crippen molar-refractivity contribution in [1.29, 1.82) is 0 Å². The summed E-state index contributed by atoms with van der Waals surface area (Å²) in [5.41, 5.74) is -0.0396. The molecule has 0 amide bonds. The Morgan fingerprint density at radius 1 is 1.00 bits per heavy atom. The number of hydrogen-bond donors (Lipinski definition) is 2. The number of phosphoric acid groups is 1. The topological polar surface area (TPSA) is 93.1 Å². The second kappa shape index (κ2) is 9.57. The molecule has 0 atom stereocenters. The van der Waals surface area contributed by atoms with Crippen LogP contribution in [0.3, 0.4) is 0 Å². The van der Waals surface area contributed by atoms with Gasteiger partial charge in [0.15, 0.2) is 0 Å². The van der Waals surface area contributed by atoms with E-state index in [1.165, 1.54) is 6.42 Å². The highest BCUT2D eigenvalue weighted by atomic mass is 31.2. The third kappa shape index (κ3) is 15.8. The van der Waals surface area contributed by atoms with E-state index >= 15 is 0 Å². The molecular weight excluding hydrogens is 295 g/mol. The molecule has 128 valence electrons. The minimum atomic E-state index is -4.46. The zero-order valence-corrected chi connectivity index (χ0v) is 15.2. The van der Waals surface area contributed by atoms with Crippen molar-refractivity contribution < 1.29 is 28.4 Å². The van der Waals surface area contributed by atoms with Gasteiger partial charge >= 0.3 is 13.8 Å². The van der Waals surface area contributed by atoms with Gasteiger partial charge in [-0.3, -0.25) is 9.32 Å². The largest absolute Gasteiger partial charge is 0.469 e. The molecule has 0 spiro atoms. The molecule has 0 heterocycles. The average molecular weight is 326 g/mol. The lowest BCUT2D eigenvalue weighted by atomic mass is 9.91. The molecular formula is C14H31O6P. The summed E-state index contributed by atoms with van der Waals surface area (Å²) in [6, 6.07) is 0. The van der Waals surface area contributed by atoms with Crippen molar-refractivity contribution in [3.63, 3.8) is 0 Å². The van der Waals surface area contributed by atoms with Gasteiger partial charge in [0.2, 0.25) is 0 Å². The molecule has 0 aromatic carbocycles. The fraction of sp³-hybridized carbons (Fsp3) is 0.929. The lowest BCUT2D eigenvalue weighted by molar-refractivity contribution is -0.155. The van der Waals surface area contributed by atoms with Gasteiger partial charge < -0.3 is 14.5 Å². The van der Waals surface area contributed by atoms with Gasteiger partial charge in [0, 0.05) is 0 Å². The average Bonchev–Trinajstić information content (AvgIpc) is 2.33. The van der Waals surface area contributed by atoms with Crippen LogP contribution in [0.5, 0.6) is 0 Å². The Hall–Kier alpha value is -0.420. The summed E-state index contributed by atoms with van der Waals surface area (Å²) in [6.45, 7) is 13.8. The van der Waals surface area contributed by atoms with Crippen LogP contribution < -0.4 is 0 Å². The summed E-state index contributed by atoms with van der Waals surface area (Å²) in [5.74, 6) is -0.403. The zero-order chi connectivity index (χ0) is 17.3. The van der Waals surface area contributed by atoms with Crippen molar-refractivity contribution in [3.8, 4) is 0 Å². The zero-order valence-electron chi connectivity index (χ0n) is 14.3. The molecule has 6 nitrogen and oxygen atoms in total. The number of carbonyl (C=O) groups excluding carboxylic acids is 1. The molecule has 0 rings (SSSR count). The maximum Gasteiger partial charge on any atom is 0.469 e. The van der Waals surface area contributed by atoms with Gasteiger partial charge in [0.1, 0.15) is 6.61 Å². The first-order valence-electron chi connectivity index (χ1n) is 7.12. The van der Waals surface area contributed by atoms with Crippen molar-refractivity contribution in [2.75, 3.05) is 13.2 Å². The van der Waals surface area contributed by atoms with Crippen LogP contribution in [0, 0.1) is 10.8 Å². The molecule has 2 N–H and O–H groups in total. The quantitative estimate of drug-likeness (QED) is 0.441. The number of phosphoric ester groups is 1. The second-order valence-corrected chi connectivity index (χ2v) is 7.85. The Labute approximate surface area is 128 Å². The Kier molecular flexibility index (Phi) is 10.4. The summed E-state index contributed by atoms with van der Waals surface area (Å²) >= 11 is 0. The van der Waals surface area contributed by atoms with Gasteiger partial charge in [-0.2, -0.15) is 0 Å². The molecule has 0 aliphatic heterocycles. The van der Waals surface area contributed by atoms with E-state index in [2.05, 4.69) is 32.2 Å².